The SMILES string of the molecule is CCCCCCCCC(Br)c1ccc(Cl)c(Cl)c1. The molecule has 102 valence electrons. The summed E-state index contributed by atoms with van der Waals surface area (Å²) in [6.07, 6.45) is 9.15. The molecule has 0 amide bonds. The Labute approximate surface area is 129 Å². The molecular weight excluding hydrogens is 331 g/mol. The minimum atomic E-state index is 0.387. The van der Waals surface area contributed by atoms with Gasteiger partial charge in [-0.2, -0.15) is 0 Å². The fraction of sp³-hybridized carbons (Fsp3) is 0.600. The van der Waals surface area contributed by atoms with Crippen LogP contribution in [0, 0.1) is 0 Å². The van der Waals surface area contributed by atoms with Gasteiger partial charge in [0.2, 0.25) is 0 Å². The number of rotatable bonds is 8. The highest BCUT2D eigenvalue weighted by Crippen LogP contribution is 2.32. The Hall–Kier alpha value is 0.280. The zero-order valence-corrected chi connectivity index (χ0v) is 14.0. The van der Waals surface area contributed by atoms with Crippen molar-refractivity contribution in [1.82, 2.24) is 0 Å². The molecule has 0 radical (unpaired) electrons. The van der Waals surface area contributed by atoms with E-state index in [1.165, 1.54) is 44.1 Å². The topological polar surface area (TPSA) is 0 Å². The van der Waals surface area contributed by atoms with Gasteiger partial charge in [0.05, 0.1) is 10.0 Å². The van der Waals surface area contributed by atoms with Crippen molar-refractivity contribution >= 4 is 39.1 Å². The van der Waals surface area contributed by atoms with E-state index in [9.17, 15) is 0 Å². The second-order valence-electron chi connectivity index (χ2n) is 4.70. The lowest BCUT2D eigenvalue weighted by Gasteiger charge is -2.11. The molecule has 0 aromatic heterocycles. The molecule has 0 N–H and O–H groups in total. The number of benzene rings is 1. The predicted molar refractivity (Wildman–Crippen MR) is 86.1 cm³/mol. The maximum absolute atomic E-state index is 6.02. The van der Waals surface area contributed by atoms with Crippen molar-refractivity contribution in [2.45, 2.75) is 56.7 Å². The van der Waals surface area contributed by atoms with E-state index in [1.54, 1.807) is 0 Å². The van der Waals surface area contributed by atoms with E-state index in [0.717, 1.165) is 6.42 Å². The van der Waals surface area contributed by atoms with Crippen LogP contribution >= 0.6 is 39.1 Å². The van der Waals surface area contributed by atoms with E-state index in [2.05, 4.69) is 22.9 Å². The standard InChI is InChI=1S/C15H21BrCl2/c1-2-3-4-5-6-7-8-13(16)12-9-10-14(17)15(18)11-12/h9-11,13H,2-8H2,1H3. The van der Waals surface area contributed by atoms with Gasteiger partial charge in [-0.05, 0) is 24.1 Å². The number of alkyl halides is 1. The van der Waals surface area contributed by atoms with Crippen LogP contribution in [-0.4, -0.2) is 0 Å². The van der Waals surface area contributed by atoms with Gasteiger partial charge in [-0.15, -0.1) is 0 Å². The first-order chi connectivity index (χ1) is 8.65. The van der Waals surface area contributed by atoms with E-state index >= 15 is 0 Å². The molecule has 0 heterocycles. The predicted octanol–water partition coefficient (Wildman–Crippen LogP) is 7.18. The molecule has 0 nitrogen and oxygen atoms in total. The molecule has 0 bridgehead atoms. The molecule has 3 heteroatoms. The lowest BCUT2D eigenvalue weighted by Crippen LogP contribution is -1.91. The molecule has 0 fully saturated rings. The summed E-state index contributed by atoms with van der Waals surface area (Å²) in [5, 5.41) is 1.27. The number of hydrogen-bond donors (Lipinski definition) is 0. The van der Waals surface area contributed by atoms with Crippen LogP contribution in [0.15, 0.2) is 18.2 Å². The van der Waals surface area contributed by atoms with Crippen LogP contribution in [0.2, 0.25) is 10.0 Å². The first kappa shape index (κ1) is 16.3. The molecular formula is C15H21BrCl2. The van der Waals surface area contributed by atoms with Crippen LogP contribution in [0.1, 0.15) is 62.3 Å². The Morgan fingerprint density at radius 2 is 1.67 bits per heavy atom. The maximum atomic E-state index is 6.02. The molecule has 1 aromatic carbocycles. The van der Waals surface area contributed by atoms with Gasteiger partial charge in [0.15, 0.2) is 0 Å². The summed E-state index contributed by atoms with van der Waals surface area (Å²) in [6, 6.07) is 5.87. The van der Waals surface area contributed by atoms with Crippen molar-refractivity contribution in [3.05, 3.63) is 33.8 Å². The average molecular weight is 352 g/mol. The average Bonchev–Trinajstić information content (AvgIpc) is 2.36. The zero-order valence-electron chi connectivity index (χ0n) is 10.9. The van der Waals surface area contributed by atoms with E-state index in [4.69, 9.17) is 23.2 Å². The normalized spacial score (nSPS) is 12.7. The summed E-state index contributed by atoms with van der Waals surface area (Å²) in [7, 11) is 0. The summed E-state index contributed by atoms with van der Waals surface area (Å²) in [5.41, 5.74) is 1.22. The maximum Gasteiger partial charge on any atom is 0.0595 e. The smallest absolute Gasteiger partial charge is 0.0595 e. The zero-order chi connectivity index (χ0) is 13.4. The Bertz CT molecular complexity index is 352. The van der Waals surface area contributed by atoms with E-state index in [-0.39, 0.29) is 0 Å². The van der Waals surface area contributed by atoms with Crippen molar-refractivity contribution in [2.24, 2.45) is 0 Å². The van der Waals surface area contributed by atoms with Crippen molar-refractivity contribution in [3.8, 4) is 0 Å². The third kappa shape index (κ3) is 5.95. The second kappa shape index (κ2) is 9.23. The first-order valence-electron chi connectivity index (χ1n) is 6.74. The summed E-state index contributed by atoms with van der Waals surface area (Å²) < 4.78 is 0. The lowest BCUT2D eigenvalue weighted by molar-refractivity contribution is 0.588. The van der Waals surface area contributed by atoms with Crippen LogP contribution in [0.25, 0.3) is 0 Å². The van der Waals surface area contributed by atoms with Gasteiger partial charge < -0.3 is 0 Å². The molecule has 0 aliphatic carbocycles. The highest BCUT2D eigenvalue weighted by atomic mass is 79.9. The van der Waals surface area contributed by atoms with Crippen molar-refractivity contribution in [1.29, 1.82) is 0 Å². The largest absolute Gasteiger partial charge is 0.0839 e. The van der Waals surface area contributed by atoms with Crippen LogP contribution in [0.3, 0.4) is 0 Å². The third-order valence-electron chi connectivity index (χ3n) is 3.12. The van der Waals surface area contributed by atoms with Gasteiger partial charge in [0.25, 0.3) is 0 Å². The molecule has 0 aliphatic rings. The van der Waals surface area contributed by atoms with Crippen LogP contribution < -0.4 is 0 Å². The quantitative estimate of drug-likeness (QED) is 0.343. The molecule has 1 aromatic rings. The Kier molecular flexibility index (Phi) is 8.37. The monoisotopic (exact) mass is 350 g/mol. The van der Waals surface area contributed by atoms with Crippen molar-refractivity contribution < 1.29 is 0 Å². The highest BCUT2D eigenvalue weighted by Gasteiger charge is 2.09. The van der Waals surface area contributed by atoms with Gasteiger partial charge >= 0.3 is 0 Å². The Morgan fingerprint density at radius 1 is 1.00 bits per heavy atom. The second-order valence-corrected chi connectivity index (χ2v) is 6.62. The molecule has 1 atom stereocenters. The summed E-state index contributed by atoms with van der Waals surface area (Å²) in [6.45, 7) is 2.25. The molecule has 0 saturated heterocycles. The van der Waals surface area contributed by atoms with Crippen LogP contribution in [0.4, 0.5) is 0 Å². The van der Waals surface area contributed by atoms with Gasteiger partial charge in [-0.3, -0.25) is 0 Å². The highest BCUT2D eigenvalue weighted by molar-refractivity contribution is 9.09. The van der Waals surface area contributed by atoms with E-state index in [1.807, 2.05) is 18.2 Å². The fourth-order valence-corrected chi connectivity index (χ4v) is 2.89. The van der Waals surface area contributed by atoms with Gasteiger partial charge in [-0.1, -0.05) is 90.6 Å². The minimum absolute atomic E-state index is 0.387. The van der Waals surface area contributed by atoms with Gasteiger partial charge in [-0.25, -0.2) is 0 Å². The van der Waals surface area contributed by atoms with E-state index in [0.29, 0.717) is 14.9 Å². The molecule has 1 rings (SSSR count). The molecule has 0 saturated carbocycles. The fourth-order valence-electron chi connectivity index (χ4n) is 1.98. The van der Waals surface area contributed by atoms with Crippen molar-refractivity contribution in [2.75, 3.05) is 0 Å². The minimum Gasteiger partial charge on any atom is -0.0839 e. The van der Waals surface area contributed by atoms with Gasteiger partial charge in [0, 0.05) is 4.83 Å². The molecule has 1 unspecified atom stereocenters. The Morgan fingerprint density at radius 3 is 2.33 bits per heavy atom. The number of halogens is 3. The van der Waals surface area contributed by atoms with Crippen LogP contribution in [0.5, 0.6) is 0 Å². The first-order valence-corrected chi connectivity index (χ1v) is 8.41. The Balaban J connectivity index is 2.27. The summed E-state index contributed by atoms with van der Waals surface area (Å²) >= 11 is 15.7. The van der Waals surface area contributed by atoms with Gasteiger partial charge in [0.1, 0.15) is 0 Å². The molecule has 0 spiro atoms. The van der Waals surface area contributed by atoms with Crippen LogP contribution in [-0.2, 0) is 0 Å². The van der Waals surface area contributed by atoms with Crippen molar-refractivity contribution in [3.63, 3.8) is 0 Å². The number of hydrogen-bond acceptors (Lipinski definition) is 0. The molecule has 18 heavy (non-hydrogen) atoms. The van der Waals surface area contributed by atoms with E-state index < -0.39 is 0 Å². The lowest BCUT2D eigenvalue weighted by atomic mass is 10.0. The molecule has 0 aliphatic heterocycles. The number of unbranched alkanes of at least 4 members (excludes halogenated alkanes) is 5. The third-order valence-corrected chi connectivity index (χ3v) is 4.84. The summed E-state index contributed by atoms with van der Waals surface area (Å²) in [5.74, 6) is 0. The summed E-state index contributed by atoms with van der Waals surface area (Å²) in [4.78, 5) is 0.387.